The van der Waals surface area contributed by atoms with Crippen LogP contribution in [0.2, 0.25) is 0 Å². The number of rotatable bonds is 5. The fraction of sp³-hybridized carbons (Fsp3) is 0.467. The highest BCUT2D eigenvalue weighted by Gasteiger charge is 2.26. The fourth-order valence-corrected chi connectivity index (χ4v) is 3.39. The van der Waals surface area contributed by atoms with E-state index in [4.69, 9.17) is 23.2 Å². The number of hydrogen-bond acceptors (Lipinski definition) is 4. The molecular formula is C15H19Cl2N3O4S. The average Bonchev–Trinajstić information content (AvgIpc) is 2.54. The smallest absolute Gasteiger partial charge is 0.255 e. The SMILES string of the molecule is CS(=O)(=O)Nc1ccc(C(=O)NC2CCN(C(=O)C(Cl)Cl)CC2)cc1. The molecule has 0 aliphatic carbocycles. The number of nitrogens with zero attached hydrogens (tertiary/aromatic N) is 1. The normalized spacial score (nSPS) is 15.9. The first kappa shape index (κ1) is 19.8. The first-order chi connectivity index (χ1) is 11.7. The molecule has 2 amide bonds. The monoisotopic (exact) mass is 407 g/mol. The van der Waals surface area contributed by atoms with Crippen LogP contribution in [0.1, 0.15) is 23.2 Å². The lowest BCUT2D eigenvalue weighted by Crippen LogP contribution is -2.47. The summed E-state index contributed by atoms with van der Waals surface area (Å²) >= 11 is 11.2. The molecular weight excluding hydrogens is 389 g/mol. The Morgan fingerprint density at radius 1 is 1.16 bits per heavy atom. The van der Waals surface area contributed by atoms with Crippen LogP contribution in [-0.4, -0.2) is 55.4 Å². The summed E-state index contributed by atoms with van der Waals surface area (Å²) in [7, 11) is -3.35. The predicted octanol–water partition coefficient (Wildman–Crippen LogP) is 1.58. The van der Waals surface area contributed by atoms with Gasteiger partial charge in [0.2, 0.25) is 10.0 Å². The summed E-state index contributed by atoms with van der Waals surface area (Å²) in [6.07, 6.45) is 2.29. The van der Waals surface area contributed by atoms with Crippen LogP contribution in [-0.2, 0) is 14.8 Å². The first-order valence-corrected chi connectivity index (χ1v) is 10.4. The van der Waals surface area contributed by atoms with Crippen molar-refractivity contribution in [1.29, 1.82) is 0 Å². The largest absolute Gasteiger partial charge is 0.349 e. The Bertz CT molecular complexity index is 730. The summed E-state index contributed by atoms with van der Waals surface area (Å²) < 4.78 is 24.7. The molecule has 0 spiro atoms. The Morgan fingerprint density at radius 3 is 2.20 bits per heavy atom. The van der Waals surface area contributed by atoms with Gasteiger partial charge < -0.3 is 10.2 Å². The van der Waals surface area contributed by atoms with Gasteiger partial charge in [0, 0.05) is 30.4 Å². The number of carbonyl (C=O) groups excluding carboxylic acids is 2. The van der Waals surface area contributed by atoms with Gasteiger partial charge in [0.1, 0.15) is 0 Å². The van der Waals surface area contributed by atoms with Crippen LogP contribution in [0.15, 0.2) is 24.3 Å². The Morgan fingerprint density at radius 2 is 1.72 bits per heavy atom. The van der Waals surface area contributed by atoms with Gasteiger partial charge in [0.15, 0.2) is 4.84 Å². The molecule has 2 rings (SSSR count). The number of anilines is 1. The predicted molar refractivity (Wildman–Crippen MR) is 97.5 cm³/mol. The molecule has 0 aromatic heterocycles. The van der Waals surface area contributed by atoms with Crippen molar-refractivity contribution in [3.05, 3.63) is 29.8 Å². The van der Waals surface area contributed by atoms with Gasteiger partial charge in [-0.2, -0.15) is 0 Å². The van der Waals surface area contributed by atoms with Crippen molar-refractivity contribution >= 4 is 50.7 Å². The Hall–Kier alpha value is -1.51. The van der Waals surface area contributed by atoms with Gasteiger partial charge in [-0.3, -0.25) is 14.3 Å². The van der Waals surface area contributed by atoms with Crippen LogP contribution in [0.3, 0.4) is 0 Å². The number of amides is 2. The van der Waals surface area contributed by atoms with Crippen LogP contribution in [0.5, 0.6) is 0 Å². The number of likely N-dealkylation sites (tertiary alicyclic amines) is 1. The maximum Gasteiger partial charge on any atom is 0.255 e. The highest BCUT2D eigenvalue weighted by Crippen LogP contribution is 2.16. The molecule has 0 saturated carbocycles. The molecule has 1 aliphatic heterocycles. The number of alkyl halides is 2. The summed E-state index contributed by atoms with van der Waals surface area (Å²) in [6.45, 7) is 0.966. The maximum atomic E-state index is 12.3. The number of sulfonamides is 1. The molecule has 0 atom stereocenters. The van der Waals surface area contributed by atoms with E-state index < -0.39 is 14.9 Å². The molecule has 10 heteroatoms. The molecule has 0 radical (unpaired) electrons. The lowest BCUT2D eigenvalue weighted by molar-refractivity contribution is -0.130. The molecule has 7 nitrogen and oxygen atoms in total. The summed E-state index contributed by atoms with van der Waals surface area (Å²) in [5, 5.41) is 2.91. The van der Waals surface area contributed by atoms with Crippen molar-refractivity contribution in [3.8, 4) is 0 Å². The number of piperidine rings is 1. The van der Waals surface area contributed by atoms with Crippen molar-refractivity contribution in [2.45, 2.75) is 23.7 Å². The second-order valence-electron chi connectivity index (χ2n) is 5.83. The summed E-state index contributed by atoms with van der Waals surface area (Å²) in [5.74, 6) is -0.565. The minimum Gasteiger partial charge on any atom is -0.349 e. The van der Waals surface area contributed by atoms with E-state index in [0.29, 0.717) is 37.2 Å². The third-order valence-corrected chi connectivity index (χ3v) is 4.76. The minimum absolute atomic E-state index is 0.0468. The molecule has 25 heavy (non-hydrogen) atoms. The summed E-state index contributed by atoms with van der Waals surface area (Å²) in [5.41, 5.74) is 0.821. The van der Waals surface area contributed by atoms with Crippen molar-refractivity contribution in [3.63, 3.8) is 0 Å². The van der Waals surface area contributed by atoms with Crippen molar-refractivity contribution in [2.24, 2.45) is 0 Å². The van der Waals surface area contributed by atoms with Crippen LogP contribution in [0.4, 0.5) is 5.69 Å². The summed E-state index contributed by atoms with van der Waals surface area (Å²) in [6, 6.07) is 6.10. The highest BCUT2D eigenvalue weighted by molar-refractivity contribution is 7.92. The zero-order chi connectivity index (χ0) is 18.6. The standard InChI is InChI=1S/C15H19Cl2N3O4S/c1-25(23,24)19-12-4-2-10(3-5-12)14(21)18-11-6-8-20(9-7-11)15(22)13(16)17/h2-5,11,13,19H,6-9H2,1H3,(H,18,21). The van der Waals surface area contributed by atoms with E-state index in [9.17, 15) is 18.0 Å². The van der Waals surface area contributed by atoms with Crippen molar-refractivity contribution in [2.75, 3.05) is 24.1 Å². The molecule has 1 heterocycles. The van der Waals surface area contributed by atoms with Crippen LogP contribution in [0, 0.1) is 0 Å². The zero-order valence-electron chi connectivity index (χ0n) is 13.5. The molecule has 0 unspecified atom stereocenters. The molecule has 2 N–H and O–H groups in total. The van der Waals surface area contributed by atoms with E-state index in [2.05, 4.69) is 10.0 Å². The van der Waals surface area contributed by atoms with E-state index in [1.165, 1.54) is 12.1 Å². The fourth-order valence-electron chi connectivity index (χ4n) is 2.55. The van der Waals surface area contributed by atoms with Gasteiger partial charge >= 0.3 is 0 Å². The molecule has 138 valence electrons. The average molecular weight is 408 g/mol. The molecule has 1 aliphatic rings. The molecule has 1 fully saturated rings. The van der Waals surface area contributed by atoms with E-state index >= 15 is 0 Å². The van der Waals surface area contributed by atoms with Crippen LogP contribution >= 0.6 is 23.2 Å². The van der Waals surface area contributed by atoms with Crippen molar-refractivity contribution < 1.29 is 18.0 Å². The first-order valence-electron chi connectivity index (χ1n) is 7.61. The number of nitrogens with one attached hydrogen (secondary N) is 2. The minimum atomic E-state index is -3.35. The third-order valence-electron chi connectivity index (χ3n) is 3.78. The number of hydrogen-bond donors (Lipinski definition) is 2. The Labute approximate surface area is 156 Å². The van der Waals surface area contributed by atoms with Crippen molar-refractivity contribution in [1.82, 2.24) is 10.2 Å². The lowest BCUT2D eigenvalue weighted by Gasteiger charge is -2.32. The molecule has 0 bridgehead atoms. The zero-order valence-corrected chi connectivity index (χ0v) is 15.9. The second kappa shape index (κ2) is 8.25. The van der Waals surface area contributed by atoms with E-state index in [1.54, 1.807) is 17.0 Å². The van der Waals surface area contributed by atoms with Crippen LogP contribution < -0.4 is 10.0 Å². The lowest BCUT2D eigenvalue weighted by atomic mass is 10.0. The van der Waals surface area contributed by atoms with Gasteiger partial charge in [-0.25, -0.2) is 8.42 Å². The topological polar surface area (TPSA) is 95.6 Å². The van der Waals surface area contributed by atoms with Gasteiger partial charge in [0.05, 0.1) is 6.26 Å². The molecule has 1 aromatic rings. The van der Waals surface area contributed by atoms with Crippen LogP contribution in [0.25, 0.3) is 0 Å². The Kier molecular flexibility index (Phi) is 6.53. The van der Waals surface area contributed by atoms with E-state index in [0.717, 1.165) is 6.26 Å². The number of halogens is 2. The third kappa shape index (κ3) is 6.05. The summed E-state index contributed by atoms with van der Waals surface area (Å²) in [4.78, 5) is 24.5. The highest BCUT2D eigenvalue weighted by atomic mass is 35.5. The van der Waals surface area contributed by atoms with E-state index in [1.807, 2.05) is 0 Å². The van der Waals surface area contributed by atoms with Gasteiger partial charge in [-0.1, -0.05) is 23.2 Å². The van der Waals surface area contributed by atoms with Gasteiger partial charge in [-0.05, 0) is 37.1 Å². The number of benzene rings is 1. The van der Waals surface area contributed by atoms with E-state index in [-0.39, 0.29) is 17.9 Å². The van der Waals surface area contributed by atoms with Gasteiger partial charge in [0.25, 0.3) is 11.8 Å². The quantitative estimate of drug-likeness (QED) is 0.724. The maximum absolute atomic E-state index is 12.3. The second-order valence-corrected chi connectivity index (χ2v) is 8.67. The molecule has 1 aromatic carbocycles. The molecule has 1 saturated heterocycles. The number of carbonyl (C=O) groups is 2. The Balaban J connectivity index is 1.87. The van der Waals surface area contributed by atoms with Gasteiger partial charge in [-0.15, -0.1) is 0 Å².